The molecule has 0 aliphatic heterocycles. The van der Waals surface area contributed by atoms with Crippen molar-refractivity contribution < 1.29 is 22.4 Å². The summed E-state index contributed by atoms with van der Waals surface area (Å²) in [7, 11) is 0. The first-order valence-corrected chi connectivity index (χ1v) is 6.69. The maximum absolute atomic E-state index is 13.2. The highest BCUT2D eigenvalue weighted by atomic mass is 19.4. The zero-order valence-electron chi connectivity index (χ0n) is 11.3. The molecule has 1 aliphatic carbocycles. The lowest BCUT2D eigenvalue weighted by atomic mass is 9.82. The monoisotopic (exact) mass is 304 g/mol. The molecule has 1 aliphatic rings. The van der Waals surface area contributed by atoms with Crippen LogP contribution in [0.15, 0.2) is 18.2 Å². The Bertz CT molecular complexity index is 536. The average molecular weight is 304 g/mol. The van der Waals surface area contributed by atoms with E-state index in [0.717, 1.165) is 25.3 Å². The van der Waals surface area contributed by atoms with Crippen molar-refractivity contribution in [2.45, 2.75) is 43.8 Å². The van der Waals surface area contributed by atoms with E-state index in [-0.39, 0.29) is 5.69 Å². The van der Waals surface area contributed by atoms with Crippen LogP contribution >= 0.6 is 0 Å². The number of halogens is 4. The van der Waals surface area contributed by atoms with Gasteiger partial charge in [-0.15, -0.1) is 0 Å². The highest BCUT2D eigenvalue weighted by molar-refractivity contribution is 5.98. The maximum atomic E-state index is 13.2. The van der Waals surface area contributed by atoms with E-state index in [0.29, 0.717) is 25.0 Å². The van der Waals surface area contributed by atoms with Gasteiger partial charge in [-0.05, 0) is 31.0 Å². The molecule has 0 aromatic heterocycles. The van der Waals surface area contributed by atoms with E-state index in [1.165, 1.54) is 0 Å². The van der Waals surface area contributed by atoms with Gasteiger partial charge in [0.15, 0.2) is 0 Å². The fourth-order valence-electron chi connectivity index (χ4n) is 2.49. The van der Waals surface area contributed by atoms with Crippen molar-refractivity contribution in [2.24, 2.45) is 5.73 Å². The minimum absolute atomic E-state index is 0.107. The molecule has 1 fully saturated rings. The molecule has 0 heterocycles. The molecule has 1 saturated carbocycles. The van der Waals surface area contributed by atoms with Crippen LogP contribution < -0.4 is 11.1 Å². The van der Waals surface area contributed by atoms with Crippen LogP contribution in [-0.2, 0) is 11.0 Å². The van der Waals surface area contributed by atoms with Gasteiger partial charge >= 0.3 is 6.18 Å². The molecule has 3 N–H and O–H groups in total. The van der Waals surface area contributed by atoms with Crippen molar-refractivity contribution in [3.8, 4) is 0 Å². The van der Waals surface area contributed by atoms with Gasteiger partial charge in [-0.25, -0.2) is 4.39 Å². The number of carbonyl (C=O) groups is 1. The molecule has 0 bridgehead atoms. The van der Waals surface area contributed by atoms with E-state index in [1.54, 1.807) is 0 Å². The third-order valence-corrected chi connectivity index (χ3v) is 3.73. The van der Waals surface area contributed by atoms with Crippen molar-refractivity contribution in [3.63, 3.8) is 0 Å². The van der Waals surface area contributed by atoms with Crippen LogP contribution in [0, 0.1) is 5.82 Å². The first-order chi connectivity index (χ1) is 9.72. The largest absolute Gasteiger partial charge is 0.419 e. The SMILES string of the molecule is NC1(C(=O)Nc2ccc(F)c(C(F)(F)F)c2)CCCCC1. The standard InChI is InChI=1S/C14H16F4N2O/c15-11-5-4-9(8-10(11)14(16,17)18)20-12(21)13(19)6-2-1-3-7-13/h4-5,8H,1-3,6-7,19H2,(H,20,21). The summed E-state index contributed by atoms with van der Waals surface area (Å²) in [6.07, 6.45) is -1.22. The van der Waals surface area contributed by atoms with Gasteiger partial charge < -0.3 is 11.1 Å². The van der Waals surface area contributed by atoms with Crippen LogP contribution in [0.2, 0.25) is 0 Å². The molecule has 3 nitrogen and oxygen atoms in total. The normalized spacial score (nSPS) is 18.3. The van der Waals surface area contributed by atoms with E-state index >= 15 is 0 Å². The van der Waals surface area contributed by atoms with Crippen LogP contribution in [0.25, 0.3) is 0 Å². The number of rotatable bonds is 2. The Balaban J connectivity index is 2.18. The Labute approximate surface area is 119 Å². The van der Waals surface area contributed by atoms with Crippen LogP contribution in [0.4, 0.5) is 23.2 Å². The van der Waals surface area contributed by atoms with Crippen LogP contribution in [0.1, 0.15) is 37.7 Å². The summed E-state index contributed by atoms with van der Waals surface area (Å²) in [6, 6.07) is 2.36. The Morgan fingerprint density at radius 2 is 1.81 bits per heavy atom. The topological polar surface area (TPSA) is 55.1 Å². The summed E-state index contributed by atoms with van der Waals surface area (Å²) >= 11 is 0. The lowest BCUT2D eigenvalue weighted by Crippen LogP contribution is -2.52. The van der Waals surface area contributed by atoms with Gasteiger partial charge in [0.05, 0.1) is 11.1 Å². The number of hydrogen-bond acceptors (Lipinski definition) is 2. The molecule has 21 heavy (non-hydrogen) atoms. The molecule has 2 rings (SSSR count). The van der Waals surface area contributed by atoms with E-state index in [9.17, 15) is 22.4 Å². The van der Waals surface area contributed by atoms with E-state index in [1.807, 2.05) is 0 Å². The van der Waals surface area contributed by atoms with Gasteiger partial charge in [-0.2, -0.15) is 13.2 Å². The lowest BCUT2D eigenvalue weighted by molar-refractivity contribution is -0.140. The second kappa shape index (κ2) is 5.63. The summed E-state index contributed by atoms with van der Waals surface area (Å²) in [5, 5.41) is 2.36. The zero-order chi connectivity index (χ0) is 15.7. The van der Waals surface area contributed by atoms with Gasteiger partial charge in [0.1, 0.15) is 5.82 Å². The number of nitrogens with one attached hydrogen (secondary N) is 1. The van der Waals surface area contributed by atoms with Gasteiger partial charge in [0.2, 0.25) is 5.91 Å². The molecule has 1 aromatic rings. The molecule has 0 radical (unpaired) electrons. The highest BCUT2D eigenvalue weighted by Crippen LogP contribution is 2.33. The molecule has 0 unspecified atom stereocenters. The predicted molar refractivity (Wildman–Crippen MR) is 70.0 cm³/mol. The van der Waals surface area contributed by atoms with E-state index in [4.69, 9.17) is 5.73 Å². The number of nitrogens with two attached hydrogens (primary N) is 1. The summed E-state index contributed by atoms with van der Waals surface area (Å²) in [6.45, 7) is 0. The summed E-state index contributed by atoms with van der Waals surface area (Å²) in [5.41, 5.74) is 3.42. The number of alkyl halides is 3. The second-order valence-electron chi connectivity index (χ2n) is 5.36. The third-order valence-electron chi connectivity index (χ3n) is 3.73. The molecule has 0 saturated heterocycles. The maximum Gasteiger partial charge on any atom is 0.419 e. The summed E-state index contributed by atoms with van der Waals surface area (Å²) in [4.78, 5) is 12.1. The molecule has 1 aromatic carbocycles. The number of carbonyl (C=O) groups excluding carboxylic acids is 1. The fraction of sp³-hybridized carbons (Fsp3) is 0.500. The smallest absolute Gasteiger partial charge is 0.324 e. The molecular weight excluding hydrogens is 288 g/mol. The third kappa shape index (κ3) is 3.53. The summed E-state index contributed by atoms with van der Waals surface area (Å²) < 4.78 is 51.0. The van der Waals surface area contributed by atoms with Crippen molar-refractivity contribution in [2.75, 3.05) is 5.32 Å². The predicted octanol–water partition coefficient (Wildman–Crippen LogP) is 3.44. The number of hydrogen-bond donors (Lipinski definition) is 2. The molecule has 7 heteroatoms. The zero-order valence-corrected chi connectivity index (χ0v) is 11.3. The lowest BCUT2D eigenvalue weighted by Gasteiger charge is -2.31. The number of anilines is 1. The minimum atomic E-state index is -4.81. The fourth-order valence-corrected chi connectivity index (χ4v) is 2.49. The van der Waals surface area contributed by atoms with Crippen molar-refractivity contribution in [1.82, 2.24) is 0 Å². The first kappa shape index (κ1) is 15.8. The Morgan fingerprint density at radius 1 is 1.19 bits per heavy atom. The molecule has 116 valence electrons. The van der Waals surface area contributed by atoms with Gasteiger partial charge in [0, 0.05) is 5.69 Å². The quantitative estimate of drug-likeness (QED) is 0.822. The minimum Gasteiger partial charge on any atom is -0.324 e. The molecule has 1 amide bonds. The number of benzene rings is 1. The summed E-state index contributed by atoms with van der Waals surface area (Å²) in [5.74, 6) is -1.90. The Kier molecular flexibility index (Phi) is 4.22. The Hall–Kier alpha value is -1.63. The molecular formula is C14H16F4N2O. The van der Waals surface area contributed by atoms with Gasteiger partial charge in [-0.3, -0.25) is 4.79 Å². The highest BCUT2D eigenvalue weighted by Gasteiger charge is 2.37. The van der Waals surface area contributed by atoms with E-state index in [2.05, 4.69) is 5.32 Å². The van der Waals surface area contributed by atoms with Crippen molar-refractivity contribution >= 4 is 11.6 Å². The van der Waals surface area contributed by atoms with Crippen LogP contribution in [0.5, 0.6) is 0 Å². The van der Waals surface area contributed by atoms with Crippen molar-refractivity contribution in [3.05, 3.63) is 29.6 Å². The van der Waals surface area contributed by atoms with Gasteiger partial charge in [0.25, 0.3) is 0 Å². The first-order valence-electron chi connectivity index (χ1n) is 6.69. The van der Waals surface area contributed by atoms with Crippen molar-refractivity contribution in [1.29, 1.82) is 0 Å². The number of amides is 1. The van der Waals surface area contributed by atoms with Gasteiger partial charge in [-0.1, -0.05) is 19.3 Å². The average Bonchev–Trinajstić information content (AvgIpc) is 2.40. The van der Waals surface area contributed by atoms with Crippen LogP contribution in [0.3, 0.4) is 0 Å². The van der Waals surface area contributed by atoms with E-state index < -0.39 is 29.0 Å². The Morgan fingerprint density at radius 3 is 2.38 bits per heavy atom. The van der Waals surface area contributed by atoms with Crippen LogP contribution in [-0.4, -0.2) is 11.4 Å². The molecule has 0 atom stereocenters. The molecule has 0 spiro atoms. The second-order valence-corrected chi connectivity index (χ2v) is 5.36.